The van der Waals surface area contributed by atoms with Crippen molar-refractivity contribution in [3.8, 4) is 5.69 Å². The van der Waals surface area contributed by atoms with E-state index >= 15 is 0 Å². The molecule has 1 aliphatic carbocycles. The lowest BCUT2D eigenvalue weighted by Crippen LogP contribution is -2.41. The molecule has 0 saturated heterocycles. The van der Waals surface area contributed by atoms with E-state index in [1.165, 1.54) is 55.4 Å². The molecule has 2 aromatic carbocycles. The minimum Gasteiger partial charge on any atom is -0.338 e. The summed E-state index contributed by atoms with van der Waals surface area (Å²) in [5.74, 6) is -0.536. The van der Waals surface area contributed by atoms with Crippen LogP contribution < -0.4 is 31.2 Å². The molecule has 5 rings (SSSR count). The van der Waals surface area contributed by atoms with Crippen LogP contribution in [0.3, 0.4) is 0 Å². The first-order chi connectivity index (χ1) is 18.9. The van der Waals surface area contributed by atoms with E-state index in [4.69, 9.17) is 0 Å². The molecular formula is C27H29FN6O5S. The maximum absolute atomic E-state index is 14.9. The van der Waals surface area contributed by atoms with Gasteiger partial charge in [-0.05, 0) is 62.6 Å². The average Bonchev–Trinajstić information content (AvgIpc) is 3.76. The van der Waals surface area contributed by atoms with Gasteiger partial charge in [0.2, 0.25) is 0 Å². The van der Waals surface area contributed by atoms with Crippen molar-refractivity contribution in [3.05, 3.63) is 90.6 Å². The predicted octanol–water partition coefficient (Wildman–Crippen LogP) is 2.59. The first-order valence-corrected chi connectivity index (χ1v) is 14.0. The fraction of sp³-hybridized carbons (Fsp3) is 0.296. The summed E-state index contributed by atoms with van der Waals surface area (Å²) in [5.41, 5.74) is -0.305. The summed E-state index contributed by atoms with van der Waals surface area (Å²) < 4.78 is 46.7. The quantitative estimate of drug-likeness (QED) is 0.353. The monoisotopic (exact) mass is 568 g/mol. The van der Waals surface area contributed by atoms with Crippen molar-refractivity contribution in [1.29, 1.82) is 0 Å². The molecule has 0 atom stereocenters. The molecule has 1 fully saturated rings. The van der Waals surface area contributed by atoms with Crippen LogP contribution in [0.5, 0.6) is 0 Å². The number of nitrogens with zero attached hydrogens (tertiary/aromatic N) is 4. The molecule has 0 bridgehead atoms. The van der Waals surface area contributed by atoms with Gasteiger partial charge in [0, 0.05) is 32.7 Å². The van der Waals surface area contributed by atoms with Gasteiger partial charge in [0.15, 0.2) is 0 Å². The van der Waals surface area contributed by atoms with Crippen LogP contribution in [0.15, 0.2) is 56.8 Å². The van der Waals surface area contributed by atoms with Gasteiger partial charge in [-0.25, -0.2) is 13.9 Å². The van der Waals surface area contributed by atoms with Gasteiger partial charge in [0.1, 0.15) is 17.0 Å². The van der Waals surface area contributed by atoms with E-state index in [1.807, 2.05) is 0 Å². The van der Waals surface area contributed by atoms with Crippen LogP contribution in [0.1, 0.15) is 30.0 Å². The molecule has 0 amide bonds. The molecule has 2 aromatic heterocycles. The molecule has 13 heteroatoms. The number of benzene rings is 2. The second-order valence-electron chi connectivity index (χ2n) is 9.89. The van der Waals surface area contributed by atoms with E-state index in [0.29, 0.717) is 18.4 Å². The first-order valence-electron chi connectivity index (χ1n) is 12.6. The minimum absolute atomic E-state index is 0.0348. The molecule has 40 heavy (non-hydrogen) atoms. The maximum Gasteiger partial charge on any atom is 0.336 e. The van der Waals surface area contributed by atoms with Gasteiger partial charge in [-0.15, -0.1) is 0 Å². The van der Waals surface area contributed by atoms with E-state index in [-0.39, 0.29) is 45.4 Å². The molecule has 1 saturated carbocycles. The summed E-state index contributed by atoms with van der Waals surface area (Å²) in [5, 5.41) is 2.96. The summed E-state index contributed by atoms with van der Waals surface area (Å²) in [4.78, 5) is 41.3. The summed E-state index contributed by atoms with van der Waals surface area (Å²) in [6.45, 7) is 3.25. The van der Waals surface area contributed by atoms with Crippen LogP contribution in [0.25, 0.3) is 16.6 Å². The van der Waals surface area contributed by atoms with Gasteiger partial charge >= 0.3 is 15.9 Å². The highest BCUT2D eigenvalue weighted by atomic mass is 32.2. The number of aryl methyl sites for hydroxylation is 2. The third kappa shape index (κ3) is 4.40. The Labute approximate surface area is 229 Å². The number of halogens is 1. The Balaban J connectivity index is 1.89. The topological polar surface area (TPSA) is 127 Å². The van der Waals surface area contributed by atoms with Crippen LogP contribution in [-0.2, 0) is 17.3 Å². The zero-order valence-corrected chi connectivity index (χ0v) is 23.5. The van der Waals surface area contributed by atoms with Crippen LogP contribution in [0, 0.1) is 19.7 Å². The van der Waals surface area contributed by atoms with Gasteiger partial charge < -0.3 is 5.32 Å². The molecule has 0 spiro atoms. The molecule has 4 aromatic rings. The molecule has 1 aliphatic rings. The van der Waals surface area contributed by atoms with E-state index in [1.54, 1.807) is 31.2 Å². The van der Waals surface area contributed by atoms with E-state index < -0.39 is 32.8 Å². The number of aromatic nitrogens is 3. The molecule has 0 unspecified atom stereocenters. The zero-order valence-electron chi connectivity index (χ0n) is 22.6. The summed E-state index contributed by atoms with van der Waals surface area (Å²) in [6, 6.07) is 10.4. The predicted molar refractivity (Wildman–Crippen MR) is 153 cm³/mol. The van der Waals surface area contributed by atoms with Gasteiger partial charge in [0.05, 0.1) is 22.6 Å². The van der Waals surface area contributed by atoms with Crippen molar-refractivity contribution in [1.82, 2.24) is 18.4 Å². The van der Waals surface area contributed by atoms with Crippen molar-refractivity contribution in [2.75, 3.05) is 23.7 Å². The van der Waals surface area contributed by atoms with Crippen molar-refractivity contribution in [2.45, 2.75) is 32.7 Å². The Morgan fingerprint density at radius 3 is 2.35 bits per heavy atom. The van der Waals surface area contributed by atoms with Crippen LogP contribution in [0.2, 0.25) is 0 Å². The van der Waals surface area contributed by atoms with Crippen LogP contribution in [0.4, 0.5) is 21.6 Å². The Morgan fingerprint density at radius 1 is 1.02 bits per heavy atom. The SMILES string of the molecule is CNS(=O)(=O)N(C)c1cccc(-n2c(=O)n(C3CC3)c(=O)c3c(Nc4ccc(C)cc4F)n(C)c(=O)c(C)c32)c1. The number of rotatable bonds is 7. The molecule has 11 nitrogen and oxygen atoms in total. The van der Waals surface area contributed by atoms with E-state index in [9.17, 15) is 27.2 Å². The number of nitrogens with one attached hydrogen (secondary N) is 2. The highest BCUT2D eigenvalue weighted by Crippen LogP contribution is 2.34. The molecule has 0 aliphatic heterocycles. The van der Waals surface area contributed by atoms with Crippen molar-refractivity contribution in [3.63, 3.8) is 0 Å². The zero-order chi connectivity index (χ0) is 29.1. The van der Waals surface area contributed by atoms with E-state index in [0.717, 1.165) is 8.87 Å². The lowest BCUT2D eigenvalue weighted by Gasteiger charge is -2.22. The number of fused-ring (bicyclic) bond motifs is 1. The molecule has 2 N–H and O–H groups in total. The molecule has 210 valence electrons. The minimum atomic E-state index is -3.85. The van der Waals surface area contributed by atoms with E-state index in [2.05, 4.69) is 10.0 Å². The molecule has 0 radical (unpaired) electrons. The van der Waals surface area contributed by atoms with Gasteiger partial charge in [0.25, 0.3) is 11.1 Å². The Morgan fingerprint density at radius 2 is 1.73 bits per heavy atom. The first kappa shape index (κ1) is 27.3. The Kier molecular flexibility index (Phi) is 6.66. The standard InChI is InChI=1S/C27H29FN6O5S/c1-15-9-12-21(20(28)13-15)30-24-22-23(16(2)25(35)31(24)4)33(27(37)34(26(22)36)17-10-11-17)19-8-6-7-18(14-19)32(5)40(38,39)29-3/h6-9,12-14,17,29-30H,10-11H2,1-5H3. The largest absolute Gasteiger partial charge is 0.338 e. The maximum atomic E-state index is 14.9. The summed E-state index contributed by atoms with van der Waals surface area (Å²) >= 11 is 0. The molecular weight excluding hydrogens is 539 g/mol. The smallest absolute Gasteiger partial charge is 0.336 e. The van der Waals surface area contributed by atoms with Gasteiger partial charge in [-0.2, -0.15) is 8.42 Å². The number of hydrogen-bond acceptors (Lipinski definition) is 6. The van der Waals surface area contributed by atoms with Crippen LogP contribution in [-0.4, -0.2) is 36.2 Å². The highest BCUT2D eigenvalue weighted by molar-refractivity contribution is 7.90. The number of hydrogen-bond donors (Lipinski definition) is 2. The Hall–Kier alpha value is -4.23. The van der Waals surface area contributed by atoms with Crippen LogP contribution >= 0.6 is 0 Å². The fourth-order valence-corrected chi connectivity index (χ4v) is 5.47. The highest BCUT2D eigenvalue weighted by Gasteiger charge is 2.32. The lowest BCUT2D eigenvalue weighted by atomic mass is 10.1. The number of anilines is 3. The summed E-state index contributed by atoms with van der Waals surface area (Å²) in [7, 11) is 0.260. The summed E-state index contributed by atoms with van der Waals surface area (Å²) in [6.07, 6.45) is 1.26. The second kappa shape index (κ2) is 9.75. The third-order valence-electron chi connectivity index (χ3n) is 7.20. The Bertz CT molecular complexity index is 1970. The van der Waals surface area contributed by atoms with Gasteiger partial charge in [-0.3, -0.25) is 27.6 Å². The van der Waals surface area contributed by atoms with Crippen molar-refractivity contribution in [2.24, 2.45) is 7.05 Å². The van der Waals surface area contributed by atoms with Crippen molar-refractivity contribution >= 4 is 38.3 Å². The fourth-order valence-electron chi connectivity index (χ4n) is 4.81. The average molecular weight is 569 g/mol. The lowest BCUT2D eigenvalue weighted by molar-refractivity contribution is 0.586. The van der Waals surface area contributed by atoms with Crippen molar-refractivity contribution < 1.29 is 12.8 Å². The molecule has 2 heterocycles. The second-order valence-corrected chi connectivity index (χ2v) is 11.8. The number of pyridine rings is 1. The third-order valence-corrected chi connectivity index (χ3v) is 8.65. The van der Waals surface area contributed by atoms with Gasteiger partial charge in [-0.1, -0.05) is 12.1 Å². The normalized spacial score (nSPS) is 13.6.